The van der Waals surface area contributed by atoms with Gasteiger partial charge in [0, 0.05) is 36.6 Å². The number of rotatable bonds is 7. The average molecular weight is 473 g/mol. The summed E-state index contributed by atoms with van der Waals surface area (Å²) >= 11 is 7.96. The van der Waals surface area contributed by atoms with Crippen LogP contribution >= 0.6 is 22.9 Å². The summed E-state index contributed by atoms with van der Waals surface area (Å²) in [7, 11) is 0. The molecule has 0 spiro atoms. The third-order valence-corrected chi connectivity index (χ3v) is 8.07. The Morgan fingerprint density at radius 3 is 2.81 bits per heavy atom. The zero-order valence-electron chi connectivity index (χ0n) is 19.8. The van der Waals surface area contributed by atoms with Gasteiger partial charge in [-0.25, -0.2) is 4.98 Å². The summed E-state index contributed by atoms with van der Waals surface area (Å²) in [4.78, 5) is 7.52. The van der Waals surface area contributed by atoms with Gasteiger partial charge in [-0.1, -0.05) is 52.0 Å². The molecule has 0 bridgehead atoms. The molecule has 1 fully saturated rings. The van der Waals surface area contributed by atoms with Crippen LogP contribution in [0.15, 0.2) is 47.5 Å². The molecule has 4 nitrogen and oxygen atoms in total. The second-order valence-electron chi connectivity index (χ2n) is 10.3. The standard InChI is InChI=1S/C26H37ClN4S/c1-18(2)23(29-25-30-24(16-32-25)20-9-12-28-13-10-20)15-31-14-11-22(26(3,4)17-31)19-5-7-21(27)8-6-19/h5-7,9-10,12,16,18,21-23,28H,8,11,13-15,17H2,1-4H3,(H,29,30)/t21?,22-,23+/m1/s1. The molecule has 0 aromatic carbocycles. The number of piperidine rings is 1. The Labute approximate surface area is 202 Å². The van der Waals surface area contributed by atoms with Crippen LogP contribution in [-0.2, 0) is 0 Å². The van der Waals surface area contributed by atoms with Crippen molar-refractivity contribution in [2.24, 2.45) is 17.3 Å². The quantitative estimate of drug-likeness (QED) is 0.483. The van der Waals surface area contributed by atoms with E-state index >= 15 is 0 Å². The number of halogens is 1. The number of thiazole rings is 1. The number of anilines is 1. The summed E-state index contributed by atoms with van der Waals surface area (Å²) < 4.78 is 0. The number of dihydropyridines is 1. The van der Waals surface area contributed by atoms with Crippen LogP contribution in [0.3, 0.4) is 0 Å². The predicted octanol–water partition coefficient (Wildman–Crippen LogP) is 5.92. The Bertz CT molecular complexity index is 911. The maximum absolute atomic E-state index is 6.25. The van der Waals surface area contributed by atoms with E-state index in [1.54, 1.807) is 11.3 Å². The minimum Gasteiger partial charge on any atom is -0.387 e. The van der Waals surface area contributed by atoms with Crippen molar-refractivity contribution in [3.05, 3.63) is 53.2 Å². The van der Waals surface area contributed by atoms with Crippen molar-refractivity contribution in [2.75, 3.05) is 31.5 Å². The smallest absolute Gasteiger partial charge is 0.183 e. The fourth-order valence-corrected chi connectivity index (χ4v) is 6.03. The van der Waals surface area contributed by atoms with E-state index in [-0.39, 0.29) is 10.8 Å². The molecule has 4 rings (SSSR count). The van der Waals surface area contributed by atoms with Gasteiger partial charge in [-0.15, -0.1) is 22.9 Å². The van der Waals surface area contributed by atoms with Crippen molar-refractivity contribution in [1.82, 2.24) is 15.2 Å². The van der Waals surface area contributed by atoms with E-state index < -0.39 is 0 Å². The minimum atomic E-state index is 0.160. The molecule has 2 aliphatic heterocycles. The number of likely N-dealkylation sites (tertiary alicyclic amines) is 1. The van der Waals surface area contributed by atoms with E-state index in [0.29, 0.717) is 17.9 Å². The van der Waals surface area contributed by atoms with Crippen LogP contribution in [0.2, 0.25) is 0 Å². The normalized spacial score (nSPS) is 26.4. The van der Waals surface area contributed by atoms with Crippen molar-refractivity contribution >= 4 is 33.6 Å². The van der Waals surface area contributed by atoms with Crippen molar-refractivity contribution in [3.63, 3.8) is 0 Å². The zero-order chi connectivity index (χ0) is 22.7. The molecule has 32 heavy (non-hydrogen) atoms. The molecule has 3 heterocycles. The van der Waals surface area contributed by atoms with Gasteiger partial charge in [0.2, 0.25) is 0 Å². The lowest BCUT2D eigenvalue weighted by Gasteiger charge is -2.46. The summed E-state index contributed by atoms with van der Waals surface area (Å²) in [5.41, 5.74) is 4.00. The van der Waals surface area contributed by atoms with Crippen molar-refractivity contribution in [2.45, 2.75) is 52.0 Å². The van der Waals surface area contributed by atoms with Crippen molar-refractivity contribution in [1.29, 1.82) is 0 Å². The largest absolute Gasteiger partial charge is 0.387 e. The fraction of sp³-hybridized carbons (Fsp3) is 0.577. The number of alkyl halides is 1. The Morgan fingerprint density at radius 1 is 1.31 bits per heavy atom. The number of hydrogen-bond acceptors (Lipinski definition) is 5. The van der Waals surface area contributed by atoms with Gasteiger partial charge in [-0.3, -0.25) is 0 Å². The number of aromatic nitrogens is 1. The SMILES string of the molecule is CC(C)[C@H](CN1CC[C@H](C2=CCC(Cl)C=C2)C(C)(C)C1)Nc1nc(C2=CCNC=C2)cs1. The molecular formula is C26H37ClN4S. The van der Waals surface area contributed by atoms with Gasteiger partial charge in [0.1, 0.15) is 0 Å². The molecule has 1 unspecified atom stereocenters. The first-order chi connectivity index (χ1) is 15.3. The van der Waals surface area contributed by atoms with E-state index in [4.69, 9.17) is 16.6 Å². The minimum absolute atomic E-state index is 0.160. The summed E-state index contributed by atoms with van der Waals surface area (Å²) in [6.07, 6.45) is 15.3. The molecule has 174 valence electrons. The summed E-state index contributed by atoms with van der Waals surface area (Å²) in [6, 6.07) is 0.379. The topological polar surface area (TPSA) is 40.2 Å². The van der Waals surface area contributed by atoms with Crippen LogP contribution in [0, 0.1) is 17.3 Å². The maximum Gasteiger partial charge on any atom is 0.183 e. The number of nitrogens with one attached hydrogen (secondary N) is 2. The third kappa shape index (κ3) is 5.67. The van der Waals surface area contributed by atoms with Crippen LogP contribution in [-0.4, -0.2) is 47.5 Å². The second-order valence-corrected chi connectivity index (χ2v) is 11.7. The van der Waals surface area contributed by atoms with E-state index in [9.17, 15) is 0 Å². The predicted molar refractivity (Wildman–Crippen MR) is 139 cm³/mol. The highest BCUT2D eigenvalue weighted by atomic mass is 35.5. The monoisotopic (exact) mass is 472 g/mol. The van der Waals surface area contributed by atoms with Gasteiger partial charge in [-0.2, -0.15) is 0 Å². The molecule has 0 amide bonds. The van der Waals surface area contributed by atoms with Crippen LogP contribution in [0.25, 0.3) is 5.57 Å². The molecule has 0 radical (unpaired) electrons. The van der Waals surface area contributed by atoms with Gasteiger partial charge in [0.05, 0.1) is 11.1 Å². The van der Waals surface area contributed by atoms with E-state index in [2.05, 4.69) is 79.0 Å². The molecule has 1 aliphatic carbocycles. The highest BCUT2D eigenvalue weighted by molar-refractivity contribution is 7.13. The number of allylic oxidation sites excluding steroid dienone is 6. The second kappa shape index (κ2) is 10.1. The van der Waals surface area contributed by atoms with Crippen molar-refractivity contribution < 1.29 is 0 Å². The molecule has 1 saturated heterocycles. The van der Waals surface area contributed by atoms with Crippen LogP contribution in [0.1, 0.15) is 46.2 Å². The van der Waals surface area contributed by atoms with Gasteiger partial charge < -0.3 is 15.5 Å². The Hall–Kier alpha value is -1.56. The highest BCUT2D eigenvalue weighted by Crippen LogP contribution is 2.41. The first-order valence-electron chi connectivity index (χ1n) is 11.9. The molecule has 6 heteroatoms. The van der Waals surface area contributed by atoms with Gasteiger partial charge in [-0.05, 0) is 54.5 Å². The van der Waals surface area contributed by atoms with Crippen LogP contribution in [0.5, 0.6) is 0 Å². The molecule has 3 aliphatic rings. The fourth-order valence-electron chi connectivity index (χ4n) is 5.09. The molecule has 0 saturated carbocycles. The summed E-state index contributed by atoms with van der Waals surface area (Å²) in [5, 5.41) is 10.3. The third-order valence-electron chi connectivity index (χ3n) is 6.98. The van der Waals surface area contributed by atoms with E-state index in [0.717, 1.165) is 43.4 Å². The van der Waals surface area contributed by atoms with Crippen LogP contribution in [0.4, 0.5) is 5.13 Å². The highest BCUT2D eigenvalue weighted by Gasteiger charge is 2.38. The van der Waals surface area contributed by atoms with E-state index in [1.807, 2.05) is 6.20 Å². The lowest BCUT2D eigenvalue weighted by atomic mass is 9.69. The number of hydrogen-bond donors (Lipinski definition) is 2. The molecule has 1 aromatic rings. The Morgan fingerprint density at radius 2 is 2.16 bits per heavy atom. The Kier molecular flexibility index (Phi) is 7.48. The van der Waals surface area contributed by atoms with E-state index in [1.165, 1.54) is 17.6 Å². The van der Waals surface area contributed by atoms with Gasteiger partial charge in [0.15, 0.2) is 5.13 Å². The average Bonchev–Trinajstić information content (AvgIpc) is 3.23. The molecule has 3 atom stereocenters. The van der Waals surface area contributed by atoms with Gasteiger partial charge >= 0.3 is 0 Å². The van der Waals surface area contributed by atoms with Crippen molar-refractivity contribution in [3.8, 4) is 0 Å². The summed E-state index contributed by atoms with van der Waals surface area (Å²) in [6.45, 7) is 13.6. The lowest BCUT2D eigenvalue weighted by molar-refractivity contribution is 0.0688. The molecular weight excluding hydrogens is 436 g/mol. The first-order valence-corrected chi connectivity index (χ1v) is 13.2. The molecule has 2 N–H and O–H groups in total. The maximum atomic E-state index is 6.25. The van der Waals surface area contributed by atoms with Crippen LogP contribution < -0.4 is 10.6 Å². The number of nitrogens with zero attached hydrogens (tertiary/aromatic N) is 2. The molecule has 1 aromatic heterocycles. The first kappa shape index (κ1) is 23.6. The lowest BCUT2D eigenvalue weighted by Crippen LogP contribution is -2.50. The van der Waals surface area contributed by atoms with Gasteiger partial charge in [0.25, 0.3) is 0 Å². The zero-order valence-corrected chi connectivity index (χ0v) is 21.3. The summed E-state index contributed by atoms with van der Waals surface area (Å²) in [5.74, 6) is 1.14. The Balaban J connectivity index is 1.38.